The molecule has 0 radical (unpaired) electrons. The molecule has 8 nitrogen and oxygen atoms in total. The summed E-state index contributed by atoms with van der Waals surface area (Å²) < 4.78 is 0. The third-order valence-corrected chi connectivity index (χ3v) is 3.72. The van der Waals surface area contributed by atoms with Gasteiger partial charge in [0.05, 0.1) is 5.69 Å². The van der Waals surface area contributed by atoms with Crippen LogP contribution in [0.15, 0.2) is 48.5 Å². The number of rotatable bonds is 7. The van der Waals surface area contributed by atoms with Gasteiger partial charge in [-0.3, -0.25) is 5.21 Å². The number of phenolic OH excluding ortho intramolecular Hbond substituents is 1. The van der Waals surface area contributed by atoms with E-state index in [1.165, 1.54) is 17.7 Å². The topological polar surface area (TPSA) is 115 Å². The Morgan fingerprint density at radius 3 is 2.42 bits per heavy atom. The van der Waals surface area contributed by atoms with Crippen LogP contribution in [-0.4, -0.2) is 31.8 Å². The second-order valence-corrected chi connectivity index (χ2v) is 5.80. The Labute approximate surface area is 154 Å². The van der Waals surface area contributed by atoms with Crippen molar-refractivity contribution in [3.63, 3.8) is 0 Å². The molecule has 26 heavy (non-hydrogen) atoms. The number of aromatic nitrogens is 3. The lowest BCUT2D eigenvalue weighted by Gasteiger charge is -2.11. The van der Waals surface area contributed by atoms with E-state index in [1.807, 2.05) is 35.8 Å². The molecule has 5 N–H and O–H groups in total. The van der Waals surface area contributed by atoms with Gasteiger partial charge in [-0.25, -0.2) is 5.48 Å². The maximum atomic E-state index is 9.89. The van der Waals surface area contributed by atoms with E-state index >= 15 is 0 Å². The highest BCUT2D eigenvalue weighted by Gasteiger charge is 2.09. The van der Waals surface area contributed by atoms with Gasteiger partial charge in [0.25, 0.3) is 5.95 Å². The summed E-state index contributed by atoms with van der Waals surface area (Å²) in [5, 5.41) is 25.4. The molecule has 0 aliphatic carbocycles. The predicted octanol–water partition coefficient (Wildman–Crippen LogP) is 3.43. The number of halogens is 1. The lowest BCUT2D eigenvalue weighted by molar-refractivity contribution is 0.382. The predicted molar refractivity (Wildman–Crippen MR) is 100 cm³/mol. The van der Waals surface area contributed by atoms with Crippen molar-refractivity contribution < 1.29 is 10.3 Å². The van der Waals surface area contributed by atoms with Crippen molar-refractivity contribution in [1.29, 1.82) is 0 Å². The molecule has 9 heteroatoms. The van der Waals surface area contributed by atoms with Crippen LogP contribution in [-0.2, 0) is 6.42 Å². The first kappa shape index (κ1) is 17.7. The average molecular weight is 373 g/mol. The zero-order valence-electron chi connectivity index (χ0n) is 13.6. The van der Waals surface area contributed by atoms with Crippen LogP contribution in [0, 0.1) is 0 Å². The number of anilines is 4. The molecule has 1 heterocycles. The minimum atomic E-state index is -0.0359. The molecule has 0 aliphatic rings. The number of nitrogens with one attached hydrogen (secondary N) is 3. The van der Waals surface area contributed by atoms with Crippen molar-refractivity contribution in [2.45, 2.75) is 6.42 Å². The van der Waals surface area contributed by atoms with E-state index in [0.29, 0.717) is 17.3 Å². The fraction of sp³-hybridized carbons (Fsp3) is 0.118. The Balaban J connectivity index is 1.72. The molecule has 2 aromatic carbocycles. The summed E-state index contributed by atoms with van der Waals surface area (Å²) in [5.74, 6) is 0.367. The summed E-state index contributed by atoms with van der Waals surface area (Å²) in [4.78, 5) is 12.3. The summed E-state index contributed by atoms with van der Waals surface area (Å²) in [6, 6.07) is 14.5. The van der Waals surface area contributed by atoms with Gasteiger partial charge in [0.2, 0.25) is 11.9 Å². The highest BCUT2D eigenvalue weighted by molar-refractivity contribution is 6.30. The number of hydrogen-bond acceptors (Lipinski definition) is 8. The Morgan fingerprint density at radius 2 is 1.65 bits per heavy atom. The molecule has 134 valence electrons. The molecule has 0 fully saturated rings. The largest absolute Gasteiger partial charge is 0.506 e. The number of benzene rings is 2. The summed E-state index contributed by atoms with van der Waals surface area (Å²) in [7, 11) is 0. The molecule has 0 spiro atoms. The highest BCUT2D eigenvalue weighted by atomic mass is 35.5. The minimum Gasteiger partial charge on any atom is -0.506 e. The quantitative estimate of drug-likeness (QED) is 0.316. The van der Waals surface area contributed by atoms with Crippen LogP contribution in [0.5, 0.6) is 5.75 Å². The van der Waals surface area contributed by atoms with Gasteiger partial charge in [-0.05, 0) is 30.2 Å². The normalized spacial score (nSPS) is 10.4. The molecule has 0 amide bonds. The average Bonchev–Trinajstić information content (AvgIpc) is 2.65. The van der Waals surface area contributed by atoms with Gasteiger partial charge < -0.3 is 15.7 Å². The molecule has 0 saturated heterocycles. The lowest BCUT2D eigenvalue weighted by Crippen LogP contribution is -2.12. The summed E-state index contributed by atoms with van der Waals surface area (Å²) in [6.45, 7) is 0.598. The Kier molecular flexibility index (Phi) is 5.67. The first-order valence-corrected chi connectivity index (χ1v) is 8.21. The standard InChI is InChI=1S/C17H17ClN6O2/c18-12-6-7-14(25)13(10-12)20-16-21-15(22-17(23-16)24-26)19-9-8-11-4-2-1-3-5-11/h1-7,10,25-26H,8-9H2,(H3,19,20,21,22,23,24). The van der Waals surface area contributed by atoms with Gasteiger partial charge in [0, 0.05) is 11.6 Å². The zero-order chi connectivity index (χ0) is 18.4. The van der Waals surface area contributed by atoms with Gasteiger partial charge in [-0.2, -0.15) is 15.0 Å². The van der Waals surface area contributed by atoms with Crippen LogP contribution in [0.25, 0.3) is 0 Å². The molecule has 0 atom stereocenters. The van der Waals surface area contributed by atoms with E-state index in [9.17, 15) is 5.11 Å². The van der Waals surface area contributed by atoms with Gasteiger partial charge >= 0.3 is 0 Å². The number of aromatic hydroxyl groups is 1. The third-order valence-electron chi connectivity index (χ3n) is 3.48. The van der Waals surface area contributed by atoms with Crippen molar-refractivity contribution in [3.8, 4) is 5.75 Å². The van der Waals surface area contributed by atoms with Crippen LogP contribution in [0.3, 0.4) is 0 Å². The van der Waals surface area contributed by atoms with Crippen molar-refractivity contribution in [2.75, 3.05) is 22.7 Å². The third kappa shape index (κ3) is 4.71. The van der Waals surface area contributed by atoms with E-state index in [4.69, 9.17) is 16.8 Å². The number of nitrogens with zero attached hydrogens (tertiary/aromatic N) is 3. The molecule has 1 aromatic heterocycles. The maximum absolute atomic E-state index is 9.89. The molecule has 3 aromatic rings. The molecule has 0 bridgehead atoms. The van der Waals surface area contributed by atoms with Gasteiger partial charge in [-0.15, -0.1) is 0 Å². The maximum Gasteiger partial charge on any atom is 0.253 e. The van der Waals surface area contributed by atoms with E-state index < -0.39 is 0 Å². The SMILES string of the molecule is ONc1nc(NCCc2ccccc2)nc(Nc2cc(Cl)ccc2O)n1. The monoisotopic (exact) mass is 372 g/mol. The second kappa shape index (κ2) is 8.32. The minimum absolute atomic E-state index is 0.00749. The molecule has 0 aliphatic heterocycles. The Bertz CT molecular complexity index is 878. The van der Waals surface area contributed by atoms with E-state index in [2.05, 4.69) is 25.6 Å². The molecule has 0 saturated carbocycles. The van der Waals surface area contributed by atoms with E-state index in [-0.39, 0.29) is 23.6 Å². The van der Waals surface area contributed by atoms with Crippen LogP contribution in [0.1, 0.15) is 5.56 Å². The summed E-state index contributed by atoms with van der Waals surface area (Å²) in [6.07, 6.45) is 0.784. The fourth-order valence-corrected chi connectivity index (χ4v) is 2.43. The van der Waals surface area contributed by atoms with E-state index in [1.54, 1.807) is 6.07 Å². The van der Waals surface area contributed by atoms with Crippen LogP contribution < -0.4 is 16.1 Å². The van der Waals surface area contributed by atoms with Crippen molar-refractivity contribution >= 4 is 35.1 Å². The summed E-state index contributed by atoms with van der Waals surface area (Å²) in [5.41, 5.74) is 3.41. The van der Waals surface area contributed by atoms with Crippen molar-refractivity contribution in [2.24, 2.45) is 0 Å². The molecule has 3 rings (SSSR count). The zero-order valence-corrected chi connectivity index (χ0v) is 14.4. The van der Waals surface area contributed by atoms with Gasteiger partial charge in [0.15, 0.2) is 0 Å². The van der Waals surface area contributed by atoms with Crippen molar-refractivity contribution in [1.82, 2.24) is 15.0 Å². The molecule has 0 unspecified atom stereocenters. The Morgan fingerprint density at radius 1 is 0.923 bits per heavy atom. The van der Waals surface area contributed by atoms with Gasteiger partial charge in [-0.1, -0.05) is 41.9 Å². The van der Waals surface area contributed by atoms with Crippen molar-refractivity contribution in [3.05, 3.63) is 59.1 Å². The first-order valence-electron chi connectivity index (χ1n) is 7.83. The lowest BCUT2D eigenvalue weighted by atomic mass is 10.1. The molecular formula is C17H17ClN6O2. The molecular weight excluding hydrogens is 356 g/mol. The summed E-state index contributed by atoms with van der Waals surface area (Å²) >= 11 is 5.93. The van der Waals surface area contributed by atoms with Crippen LogP contribution in [0.2, 0.25) is 5.02 Å². The number of phenols is 1. The highest BCUT2D eigenvalue weighted by Crippen LogP contribution is 2.28. The van der Waals surface area contributed by atoms with E-state index in [0.717, 1.165) is 6.42 Å². The van der Waals surface area contributed by atoms with Gasteiger partial charge in [0.1, 0.15) is 5.75 Å². The smallest absolute Gasteiger partial charge is 0.253 e. The first-order chi connectivity index (χ1) is 12.6. The number of hydrogen-bond donors (Lipinski definition) is 5. The van der Waals surface area contributed by atoms with Crippen LogP contribution >= 0.6 is 11.6 Å². The van der Waals surface area contributed by atoms with Crippen LogP contribution in [0.4, 0.5) is 23.5 Å². The fourth-order valence-electron chi connectivity index (χ4n) is 2.25. The second-order valence-electron chi connectivity index (χ2n) is 5.37. The Hall–Kier alpha value is -3.10.